The summed E-state index contributed by atoms with van der Waals surface area (Å²) in [5.74, 6) is 0.0881. The maximum atomic E-state index is 13.0. The number of rotatable bonds is 3. The predicted octanol–water partition coefficient (Wildman–Crippen LogP) is 3.67. The molecule has 21 heavy (non-hydrogen) atoms. The number of hydrogen-bond acceptors (Lipinski definition) is 2. The predicted molar refractivity (Wildman–Crippen MR) is 75.3 cm³/mol. The Balaban J connectivity index is 2.24. The summed E-state index contributed by atoms with van der Waals surface area (Å²) in [5.41, 5.74) is -0.960. The van der Waals surface area contributed by atoms with Crippen LogP contribution in [0, 0.1) is 5.92 Å². The fourth-order valence-corrected chi connectivity index (χ4v) is 2.85. The first-order chi connectivity index (χ1) is 9.82. The summed E-state index contributed by atoms with van der Waals surface area (Å²) in [6.45, 7) is 2.11. The molecule has 2 rings (SSSR count). The Hall–Kier alpha value is -1.72. The Bertz CT molecular complexity index is 528. The van der Waals surface area contributed by atoms with E-state index in [2.05, 4.69) is 17.6 Å². The minimum Gasteiger partial charge on any atom is -0.387 e. The van der Waals surface area contributed by atoms with Gasteiger partial charge in [0.15, 0.2) is 0 Å². The van der Waals surface area contributed by atoms with E-state index in [9.17, 15) is 18.0 Å². The van der Waals surface area contributed by atoms with E-state index in [4.69, 9.17) is 0 Å². The summed E-state index contributed by atoms with van der Waals surface area (Å²) >= 11 is 0. The molecule has 1 aliphatic rings. The van der Waals surface area contributed by atoms with E-state index in [0.717, 1.165) is 25.3 Å². The number of hydrogen-bond donors (Lipinski definition) is 2. The molecule has 1 fully saturated rings. The zero-order valence-electron chi connectivity index (χ0n) is 12.1. The third-order valence-electron chi connectivity index (χ3n) is 3.89. The van der Waals surface area contributed by atoms with Crippen LogP contribution in [-0.4, -0.2) is 19.0 Å². The minimum absolute atomic E-state index is 0.0341. The topological polar surface area (TPSA) is 41.1 Å². The van der Waals surface area contributed by atoms with Gasteiger partial charge < -0.3 is 10.6 Å². The van der Waals surface area contributed by atoms with Gasteiger partial charge >= 0.3 is 6.18 Å². The summed E-state index contributed by atoms with van der Waals surface area (Å²) in [7, 11) is 1.39. The van der Waals surface area contributed by atoms with Crippen LogP contribution >= 0.6 is 0 Å². The van der Waals surface area contributed by atoms with E-state index >= 15 is 0 Å². The number of carbonyl (C=O) groups is 1. The Morgan fingerprint density at radius 1 is 1.29 bits per heavy atom. The second kappa shape index (κ2) is 5.95. The first kappa shape index (κ1) is 15.7. The van der Waals surface area contributed by atoms with Crippen molar-refractivity contribution >= 4 is 11.6 Å². The maximum Gasteiger partial charge on any atom is 0.418 e. The van der Waals surface area contributed by atoms with Gasteiger partial charge in [0.1, 0.15) is 0 Å². The van der Waals surface area contributed by atoms with Gasteiger partial charge in [0, 0.05) is 13.1 Å². The van der Waals surface area contributed by atoms with Gasteiger partial charge in [0.25, 0.3) is 5.91 Å². The van der Waals surface area contributed by atoms with E-state index in [-0.39, 0.29) is 17.3 Å². The number of halogens is 3. The minimum atomic E-state index is -4.49. The lowest BCUT2D eigenvalue weighted by atomic mass is 10.0. The van der Waals surface area contributed by atoms with Crippen LogP contribution in [0.1, 0.15) is 42.1 Å². The molecule has 0 bridgehead atoms. The highest BCUT2D eigenvalue weighted by atomic mass is 19.4. The Morgan fingerprint density at radius 2 is 2.00 bits per heavy atom. The van der Waals surface area contributed by atoms with Crippen LogP contribution in [0.2, 0.25) is 0 Å². The van der Waals surface area contributed by atoms with Crippen molar-refractivity contribution in [2.75, 3.05) is 12.4 Å². The van der Waals surface area contributed by atoms with Crippen LogP contribution in [0.3, 0.4) is 0 Å². The monoisotopic (exact) mass is 300 g/mol. The van der Waals surface area contributed by atoms with Gasteiger partial charge in [0.2, 0.25) is 0 Å². The number of anilines is 1. The summed E-state index contributed by atoms with van der Waals surface area (Å²) in [5, 5.41) is 5.34. The van der Waals surface area contributed by atoms with Crippen LogP contribution < -0.4 is 10.6 Å². The average molecular weight is 300 g/mol. The molecule has 0 heterocycles. The first-order valence-electron chi connectivity index (χ1n) is 7.01. The first-order valence-corrected chi connectivity index (χ1v) is 7.01. The summed E-state index contributed by atoms with van der Waals surface area (Å²) < 4.78 is 38.9. The highest BCUT2D eigenvalue weighted by Gasteiger charge is 2.35. The van der Waals surface area contributed by atoms with Crippen LogP contribution in [0.4, 0.5) is 18.9 Å². The third-order valence-corrected chi connectivity index (χ3v) is 3.89. The molecule has 2 N–H and O–H groups in total. The third kappa shape index (κ3) is 3.49. The molecular formula is C15H19F3N2O. The number of carbonyl (C=O) groups excluding carboxylic acids is 1. The van der Waals surface area contributed by atoms with Gasteiger partial charge in [-0.3, -0.25) is 4.79 Å². The maximum absolute atomic E-state index is 13.0. The Kier molecular flexibility index (Phi) is 4.44. The van der Waals surface area contributed by atoms with Gasteiger partial charge in [-0.25, -0.2) is 0 Å². The second-order valence-electron chi connectivity index (χ2n) is 5.56. The van der Waals surface area contributed by atoms with E-state index in [1.807, 2.05) is 0 Å². The number of nitrogens with one attached hydrogen (secondary N) is 2. The lowest BCUT2D eigenvalue weighted by molar-refractivity contribution is -0.136. The molecule has 1 aromatic carbocycles. The molecule has 0 aromatic heterocycles. The molecule has 1 aliphatic carbocycles. The van der Waals surface area contributed by atoms with Crippen LogP contribution in [0.25, 0.3) is 0 Å². The lowest BCUT2D eigenvalue weighted by Gasteiger charge is -2.18. The van der Waals surface area contributed by atoms with Gasteiger partial charge in [0.05, 0.1) is 16.8 Å². The van der Waals surface area contributed by atoms with Gasteiger partial charge in [-0.05, 0) is 37.3 Å². The molecule has 1 amide bonds. The van der Waals surface area contributed by atoms with Crippen LogP contribution in [0.15, 0.2) is 18.2 Å². The summed E-state index contributed by atoms with van der Waals surface area (Å²) in [6.07, 6.45) is -1.71. The fourth-order valence-electron chi connectivity index (χ4n) is 2.85. The summed E-state index contributed by atoms with van der Waals surface area (Å²) in [6, 6.07) is 3.69. The lowest BCUT2D eigenvalue weighted by Crippen LogP contribution is -2.33. The van der Waals surface area contributed by atoms with Crippen molar-refractivity contribution in [3.8, 4) is 0 Å². The highest BCUT2D eigenvalue weighted by Crippen LogP contribution is 2.36. The van der Waals surface area contributed by atoms with Gasteiger partial charge in [-0.1, -0.05) is 13.0 Å². The average Bonchev–Trinajstić information content (AvgIpc) is 2.82. The van der Waals surface area contributed by atoms with Crippen molar-refractivity contribution in [1.82, 2.24) is 5.32 Å². The number of alkyl halides is 3. The SMILES string of the molecule is CNc1c(C(=O)NC2CCC(C)C2)cccc1C(F)(F)F. The molecular weight excluding hydrogens is 281 g/mol. The molecule has 0 aliphatic heterocycles. The quantitative estimate of drug-likeness (QED) is 0.894. The van der Waals surface area contributed by atoms with Crippen LogP contribution in [0.5, 0.6) is 0 Å². The zero-order chi connectivity index (χ0) is 15.6. The molecule has 1 saturated carbocycles. The van der Waals surface area contributed by atoms with Crippen molar-refractivity contribution in [2.24, 2.45) is 5.92 Å². The Labute approximate surface area is 121 Å². The van der Waals surface area contributed by atoms with Crippen molar-refractivity contribution in [3.05, 3.63) is 29.3 Å². The van der Waals surface area contributed by atoms with Crippen molar-refractivity contribution in [1.29, 1.82) is 0 Å². The highest BCUT2D eigenvalue weighted by molar-refractivity contribution is 6.00. The molecule has 6 heteroatoms. The fraction of sp³-hybridized carbons (Fsp3) is 0.533. The van der Waals surface area contributed by atoms with Crippen molar-refractivity contribution < 1.29 is 18.0 Å². The van der Waals surface area contributed by atoms with Crippen LogP contribution in [-0.2, 0) is 6.18 Å². The molecule has 2 unspecified atom stereocenters. The Morgan fingerprint density at radius 3 is 2.52 bits per heavy atom. The zero-order valence-corrected chi connectivity index (χ0v) is 12.1. The van der Waals surface area contributed by atoms with Crippen molar-refractivity contribution in [2.45, 2.75) is 38.4 Å². The van der Waals surface area contributed by atoms with Gasteiger partial charge in [-0.15, -0.1) is 0 Å². The standard InChI is InChI=1S/C15H19F3N2O/c1-9-6-7-10(8-9)20-14(21)11-4-3-5-12(13(11)19-2)15(16,17)18/h3-5,9-10,19H,6-8H2,1-2H3,(H,20,21). The van der Waals surface area contributed by atoms with E-state index in [0.29, 0.717) is 5.92 Å². The van der Waals surface area contributed by atoms with E-state index in [1.165, 1.54) is 19.2 Å². The molecule has 1 aromatic rings. The molecule has 2 atom stereocenters. The smallest absolute Gasteiger partial charge is 0.387 e. The largest absolute Gasteiger partial charge is 0.418 e. The molecule has 0 radical (unpaired) electrons. The van der Waals surface area contributed by atoms with Crippen molar-refractivity contribution in [3.63, 3.8) is 0 Å². The summed E-state index contributed by atoms with van der Waals surface area (Å²) in [4.78, 5) is 12.2. The van der Waals surface area contributed by atoms with E-state index in [1.54, 1.807) is 0 Å². The number of amides is 1. The number of benzene rings is 1. The normalized spacial score (nSPS) is 22.1. The molecule has 116 valence electrons. The van der Waals surface area contributed by atoms with E-state index < -0.39 is 17.6 Å². The number of para-hydroxylation sites is 1. The molecule has 0 spiro atoms. The second-order valence-corrected chi connectivity index (χ2v) is 5.56. The van der Waals surface area contributed by atoms with Gasteiger partial charge in [-0.2, -0.15) is 13.2 Å². The molecule has 3 nitrogen and oxygen atoms in total. The molecule has 0 saturated heterocycles.